The summed E-state index contributed by atoms with van der Waals surface area (Å²) in [5, 5.41) is 7.84. The number of benzene rings is 1. The fraction of sp³-hybridized carbons (Fsp3) is 0.385. The largest absolute Gasteiger partial charge is 0.339 e. The molecule has 96 valence electrons. The molecule has 0 aliphatic carbocycles. The van der Waals surface area contributed by atoms with Gasteiger partial charge in [-0.25, -0.2) is 0 Å². The van der Waals surface area contributed by atoms with Crippen LogP contribution in [0.1, 0.15) is 24.2 Å². The zero-order chi connectivity index (χ0) is 13.0. The first-order valence-corrected chi connectivity index (χ1v) is 6.28. The second kappa shape index (κ2) is 5.98. The minimum atomic E-state index is 0.339. The molecule has 0 saturated carbocycles. The summed E-state index contributed by atoms with van der Waals surface area (Å²) in [6, 6.07) is 7.98. The highest BCUT2D eigenvalue weighted by atomic mass is 35.5. The number of likely N-dealkylation sites (N-methyl/N-ethyl adjacent to an activating group) is 1. The molecular formula is C13H16ClN3O. The van der Waals surface area contributed by atoms with Crippen molar-refractivity contribution in [1.29, 1.82) is 0 Å². The Morgan fingerprint density at radius 3 is 2.72 bits per heavy atom. The van der Waals surface area contributed by atoms with Crippen molar-refractivity contribution in [2.45, 2.75) is 25.8 Å². The van der Waals surface area contributed by atoms with E-state index in [0.717, 1.165) is 22.8 Å². The molecule has 18 heavy (non-hydrogen) atoms. The van der Waals surface area contributed by atoms with Crippen molar-refractivity contribution in [3.63, 3.8) is 0 Å². The lowest BCUT2D eigenvalue weighted by atomic mass is 10.1. The predicted octanol–water partition coefficient (Wildman–Crippen LogP) is 2.46. The molecule has 5 heteroatoms. The van der Waals surface area contributed by atoms with E-state index in [2.05, 4.69) is 22.4 Å². The van der Waals surface area contributed by atoms with Gasteiger partial charge in [0.25, 0.3) is 0 Å². The van der Waals surface area contributed by atoms with E-state index in [0.29, 0.717) is 18.4 Å². The van der Waals surface area contributed by atoms with Crippen molar-refractivity contribution in [2.24, 2.45) is 0 Å². The molecule has 0 radical (unpaired) electrons. The fourth-order valence-corrected chi connectivity index (χ4v) is 1.72. The summed E-state index contributed by atoms with van der Waals surface area (Å²) in [5.74, 6) is 1.37. The van der Waals surface area contributed by atoms with Crippen LogP contribution in [-0.4, -0.2) is 23.2 Å². The topological polar surface area (TPSA) is 51.0 Å². The van der Waals surface area contributed by atoms with Crippen LogP contribution in [0.5, 0.6) is 0 Å². The van der Waals surface area contributed by atoms with Crippen LogP contribution in [0.15, 0.2) is 28.8 Å². The molecule has 1 aromatic heterocycles. The smallest absolute Gasteiger partial charge is 0.231 e. The SMILES string of the molecule is CNC(C)Cc1noc(Cc2ccc(Cl)cc2)n1. The Kier molecular flexibility index (Phi) is 4.33. The van der Waals surface area contributed by atoms with Crippen LogP contribution in [0.25, 0.3) is 0 Å². The lowest BCUT2D eigenvalue weighted by Crippen LogP contribution is -2.24. The molecule has 1 unspecified atom stereocenters. The minimum Gasteiger partial charge on any atom is -0.339 e. The number of nitrogens with zero attached hydrogens (tertiary/aromatic N) is 2. The molecule has 0 aliphatic heterocycles. The lowest BCUT2D eigenvalue weighted by Gasteiger charge is -2.04. The Morgan fingerprint density at radius 1 is 1.33 bits per heavy atom. The predicted molar refractivity (Wildman–Crippen MR) is 70.8 cm³/mol. The van der Waals surface area contributed by atoms with Crippen LogP contribution in [0.3, 0.4) is 0 Å². The van der Waals surface area contributed by atoms with Crippen LogP contribution < -0.4 is 5.32 Å². The molecule has 1 atom stereocenters. The molecule has 0 spiro atoms. The lowest BCUT2D eigenvalue weighted by molar-refractivity contribution is 0.377. The van der Waals surface area contributed by atoms with Gasteiger partial charge in [0.15, 0.2) is 5.82 Å². The normalized spacial score (nSPS) is 12.6. The van der Waals surface area contributed by atoms with Gasteiger partial charge in [-0.1, -0.05) is 28.9 Å². The van der Waals surface area contributed by atoms with Crippen LogP contribution in [0.2, 0.25) is 5.02 Å². The van der Waals surface area contributed by atoms with Gasteiger partial charge >= 0.3 is 0 Å². The Labute approximate surface area is 111 Å². The summed E-state index contributed by atoms with van der Waals surface area (Å²) in [7, 11) is 1.92. The van der Waals surface area contributed by atoms with Gasteiger partial charge in [0, 0.05) is 17.5 Å². The molecule has 0 bridgehead atoms. The van der Waals surface area contributed by atoms with Gasteiger partial charge < -0.3 is 9.84 Å². The van der Waals surface area contributed by atoms with Crippen molar-refractivity contribution in [3.8, 4) is 0 Å². The third-order valence-corrected chi connectivity index (χ3v) is 3.01. The van der Waals surface area contributed by atoms with Crippen molar-refractivity contribution in [2.75, 3.05) is 7.05 Å². The number of hydrogen-bond acceptors (Lipinski definition) is 4. The van der Waals surface area contributed by atoms with Gasteiger partial charge in [0.1, 0.15) is 0 Å². The molecular weight excluding hydrogens is 250 g/mol. The maximum absolute atomic E-state index is 5.83. The molecule has 4 nitrogen and oxygen atoms in total. The monoisotopic (exact) mass is 265 g/mol. The number of hydrogen-bond donors (Lipinski definition) is 1. The summed E-state index contributed by atoms with van der Waals surface area (Å²) >= 11 is 5.83. The average molecular weight is 266 g/mol. The molecule has 1 aromatic carbocycles. The molecule has 2 aromatic rings. The Hall–Kier alpha value is -1.39. The Balaban J connectivity index is 2.00. The van der Waals surface area contributed by atoms with Crippen LogP contribution >= 0.6 is 11.6 Å². The van der Waals surface area contributed by atoms with Gasteiger partial charge in [-0.3, -0.25) is 0 Å². The van der Waals surface area contributed by atoms with Crippen molar-refractivity contribution < 1.29 is 4.52 Å². The van der Waals surface area contributed by atoms with E-state index in [1.165, 1.54) is 0 Å². The second-order valence-corrected chi connectivity index (χ2v) is 4.74. The zero-order valence-corrected chi connectivity index (χ0v) is 11.2. The van der Waals surface area contributed by atoms with Crippen LogP contribution in [0, 0.1) is 0 Å². The first kappa shape index (κ1) is 13.1. The van der Waals surface area contributed by atoms with E-state index in [4.69, 9.17) is 16.1 Å². The maximum Gasteiger partial charge on any atom is 0.231 e. The van der Waals surface area contributed by atoms with E-state index in [1.807, 2.05) is 31.3 Å². The number of nitrogens with one attached hydrogen (secondary N) is 1. The first-order chi connectivity index (χ1) is 8.67. The summed E-state index contributed by atoms with van der Waals surface area (Å²) < 4.78 is 5.22. The highest BCUT2D eigenvalue weighted by molar-refractivity contribution is 6.30. The quantitative estimate of drug-likeness (QED) is 0.902. The van der Waals surface area contributed by atoms with Gasteiger partial charge in [-0.15, -0.1) is 0 Å². The number of rotatable bonds is 5. The van der Waals surface area contributed by atoms with E-state index in [-0.39, 0.29) is 0 Å². The van der Waals surface area contributed by atoms with Crippen molar-refractivity contribution in [1.82, 2.24) is 15.5 Å². The first-order valence-electron chi connectivity index (χ1n) is 5.90. The van der Waals surface area contributed by atoms with Crippen molar-refractivity contribution in [3.05, 3.63) is 46.6 Å². The standard InChI is InChI=1S/C13H16ClN3O/c1-9(15-2)7-12-16-13(18-17-12)8-10-3-5-11(14)6-4-10/h3-6,9,15H,7-8H2,1-2H3. The zero-order valence-electron chi connectivity index (χ0n) is 10.5. The van der Waals surface area contributed by atoms with Gasteiger partial charge in [0.05, 0.1) is 6.42 Å². The second-order valence-electron chi connectivity index (χ2n) is 4.30. The molecule has 1 N–H and O–H groups in total. The van der Waals surface area contributed by atoms with Gasteiger partial charge in [0.2, 0.25) is 5.89 Å². The van der Waals surface area contributed by atoms with E-state index in [9.17, 15) is 0 Å². The fourth-order valence-electron chi connectivity index (χ4n) is 1.60. The summed E-state index contributed by atoms with van der Waals surface area (Å²) in [6.07, 6.45) is 1.40. The van der Waals surface area contributed by atoms with Crippen LogP contribution in [0.4, 0.5) is 0 Å². The molecule has 0 saturated heterocycles. The molecule has 0 amide bonds. The highest BCUT2D eigenvalue weighted by Gasteiger charge is 2.09. The maximum atomic E-state index is 5.83. The van der Waals surface area contributed by atoms with E-state index in [1.54, 1.807) is 0 Å². The summed E-state index contributed by atoms with van der Waals surface area (Å²) in [6.45, 7) is 2.08. The molecule has 0 fully saturated rings. The molecule has 0 aliphatic rings. The van der Waals surface area contributed by atoms with Crippen LogP contribution in [-0.2, 0) is 12.8 Å². The average Bonchev–Trinajstić information content (AvgIpc) is 2.79. The highest BCUT2D eigenvalue weighted by Crippen LogP contribution is 2.13. The molecule has 1 heterocycles. The molecule has 2 rings (SSSR count). The Bertz CT molecular complexity index is 495. The van der Waals surface area contributed by atoms with Gasteiger partial charge in [-0.05, 0) is 31.7 Å². The third kappa shape index (κ3) is 3.55. The Morgan fingerprint density at radius 2 is 2.06 bits per heavy atom. The third-order valence-electron chi connectivity index (χ3n) is 2.76. The van der Waals surface area contributed by atoms with E-state index < -0.39 is 0 Å². The summed E-state index contributed by atoms with van der Waals surface area (Å²) in [4.78, 5) is 4.37. The summed E-state index contributed by atoms with van der Waals surface area (Å²) in [5.41, 5.74) is 1.11. The van der Waals surface area contributed by atoms with E-state index >= 15 is 0 Å². The van der Waals surface area contributed by atoms with Crippen molar-refractivity contribution >= 4 is 11.6 Å². The van der Waals surface area contributed by atoms with Gasteiger partial charge in [-0.2, -0.15) is 4.98 Å². The number of halogens is 1. The number of aromatic nitrogens is 2. The minimum absolute atomic E-state index is 0.339.